The summed E-state index contributed by atoms with van der Waals surface area (Å²) in [7, 11) is 0. The zero-order valence-electron chi connectivity index (χ0n) is 10.2. The monoisotopic (exact) mass is 242 g/mol. The first kappa shape index (κ1) is 12.0. The Bertz CT molecular complexity index is 527. The largest absolute Gasteiger partial charge is 0.339 e. The maximum absolute atomic E-state index is 8.66. The van der Waals surface area contributed by atoms with Gasteiger partial charge in [-0.1, -0.05) is 23.3 Å². The van der Waals surface area contributed by atoms with Crippen LogP contribution in [0.4, 0.5) is 5.95 Å². The van der Waals surface area contributed by atoms with Gasteiger partial charge in [0.15, 0.2) is 0 Å². The molecule has 0 amide bonds. The maximum Gasteiger partial charge on any atom is 0.250 e. The van der Waals surface area contributed by atoms with Crippen molar-refractivity contribution in [3.8, 4) is 11.8 Å². The summed E-state index contributed by atoms with van der Waals surface area (Å²) in [6, 6.07) is 11.8. The Morgan fingerprint density at radius 1 is 1.33 bits per heavy atom. The van der Waals surface area contributed by atoms with E-state index in [2.05, 4.69) is 21.6 Å². The number of nitrogens with zero attached hydrogens (tertiary/aromatic N) is 6. The van der Waals surface area contributed by atoms with Crippen molar-refractivity contribution in [2.24, 2.45) is 0 Å². The molecule has 0 saturated heterocycles. The summed E-state index contributed by atoms with van der Waals surface area (Å²) in [5.41, 5.74) is 0.910. The number of benzene rings is 1. The minimum atomic E-state index is 0.454. The van der Waals surface area contributed by atoms with Crippen LogP contribution in [-0.2, 0) is 0 Å². The molecule has 2 rings (SSSR count). The van der Waals surface area contributed by atoms with E-state index >= 15 is 0 Å². The van der Waals surface area contributed by atoms with Crippen LogP contribution in [-0.4, -0.2) is 33.3 Å². The number of hydrogen-bond acceptors (Lipinski definition) is 5. The summed E-state index contributed by atoms with van der Waals surface area (Å²) in [5, 5.41) is 20.4. The first-order valence-electron chi connectivity index (χ1n) is 5.82. The summed E-state index contributed by atoms with van der Waals surface area (Å²) >= 11 is 0. The number of para-hydroxylation sites is 1. The van der Waals surface area contributed by atoms with Gasteiger partial charge in [0.2, 0.25) is 5.95 Å². The molecule has 0 spiro atoms. The Morgan fingerprint density at radius 2 is 2.11 bits per heavy atom. The lowest BCUT2D eigenvalue weighted by Crippen LogP contribution is -2.27. The van der Waals surface area contributed by atoms with Crippen LogP contribution in [0.1, 0.15) is 13.3 Å². The topological polar surface area (TPSA) is 70.6 Å². The molecule has 0 N–H and O–H groups in total. The Morgan fingerprint density at radius 3 is 2.78 bits per heavy atom. The molecule has 0 fully saturated rings. The first-order chi connectivity index (χ1) is 8.86. The van der Waals surface area contributed by atoms with Gasteiger partial charge in [-0.2, -0.15) is 9.94 Å². The molecule has 0 saturated carbocycles. The Hall–Kier alpha value is -2.42. The van der Waals surface area contributed by atoms with Gasteiger partial charge in [-0.15, -0.1) is 0 Å². The second kappa shape index (κ2) is 5.77. The SMILES string of the molecule is CCN(CCC#N)c1nnnn1-c1ccccc1. The van der Waals surface area contributed by atoms with Crippen molar-refractivity contribution < 1.29 is 0 Å². The van der Waals surface area contributed by atoms with Crippen molar-refractivity contribution in [1.29, 1.82) is 5.26 Å². The lowest BCUT2D eigenvalue weighted by atomic mass is 10.3. The molecule has 1 aromatic carbocycles. The van der Waals surface area contributed by atoms with E-state index in [1.165, 1.54) is 0 Å². The van der Waals surface area contributed by atoms with Gasteiger partial charge in [-0.3, -0.25) is 0 Å². The summed E-state index contributed by atoms with van der Waals surface area (Å²) in [6.07, 6.45) is 0.454. The summed E-state index contributed by atoms with van der Waals surface area (Å²) in [5.74, 6) is 0.666. The fourth-order valence-corrected chi connectivity index (χ4v) is 1.70. The third kappa shape index (κ3) is 2.46. The van der Waals surface area contributed by atoms with E-state index in [0.29, 0.717) is 18.9 Å². The van der Waals surface area contributed by atoms with Crippen molar-refractivity contribution in [3.63, 3.8) is 0 Å². The normalized spacial score (nSPS) is 10.0. The highest BCUT2D eigenvalue weighted by atomic mass is 15.6. The Balaban J connectivity index is 2.30. The molecule has 0 aliphatic rings. The van der Waals surface area contributed by atoms with Crippen LogP contribution in [0.15, 0.2) is 30.3 Å². The first-order valence-corrected chi connectivity index (χ1v) is 5.82. The summed E-state index contributed by atoms with van der Waals surface area (Å²) in [6.45, 7) is 3.40. The molecule has 6 nitrogen and oxygen atoms in total. The maximum atomic E-state index is 8.66. The Kier molecular flexibility index (Phi) is 3.86. The van der Waals surface area contributed by atoms with Crippen LogP contribution in [0, 0.1) is 11.3 Å². The van der Waals surface area contributed by atoms with Gasteiger partial charge in [0.05, 0.1) is 18.2 Å². The quantitative estimate of drug-likeness (QED) is 0.792. The highest BCUT2D eigenvalue weighted by molar-refractivity contribution is 5.40. The van der Waals surface area contributed by atoms with E-state index in [1.54, 1.807) is 4.68 Å². The molecule has 1 aromatic heterocycles. The minimum absolute atomic E-state index is 0.454. The van der Waals surface area contributed by atoms with Gasteiger partial charge < -0.3 is 4.90 Å². The number of aromatic nitrogens is 4. The van der Waals surface area contributed by atoms with Crippen molar-refractivity contribution >= 4 is 5.95 Å². The average molecular weight is 242 g/mol. The molecule has 6 heteroatoms. The average Bonchev–Trinajstić information content (AvgIpc) is 2.90. The third-order valence-corrected chi connectivity index (χ3v) is 2.61. The van der Waals surface area contributed by atoms with Crippen LogP contribution in [0.2, 0.25) is 0 Å². The number of nitriles is 1. The van der Waals surface area contributed by atoms with Crippen LogP contribution < -0.4 is 4.90 Å². The predicted octanol–water partition coefficient (Wildman–Crippen LogP) is 1.40. The minimum Gasteiger partial charge on any atom is -0.339 e. The molecule has 0 unspecified atom stereocenters. The number of rotatable bonds is 5. The molecule has 0 aliphatic heterocycles. The molecule has 1 heterocycles. The van der Waals surface area contributed by atoms with Gasteiger partial charge in [0.25, 0.3) is 0 Å². The molecular formula is C12H14N6. The smallest absolute Gasteiger partial charge is 0.250 e. The molecule has 0 radical (unpaired) electrons. The molecule has 0 bridgehead atoms. The van der Waals surface area contributed by atoms with Crippen molar-refractivity contribution in [3.05, 3.63) is 30.3 Å². The van der Waals surface area contributed by atoms with E-state index in [1.807, 2.05) is 42.2 Å². The standard InChI is InChI=1S/C12H14N6/c1-2-17(10-6-9-13)12-14-15-16-18(12)11-7-4-3-5-8-11/h3-5,7-8H,2,6,10H2,1H3. The number of anilines is 1. The van der Waals surface area contributed by atoms with Gasteiger partial charge in [-0.25, -0.2) is 0 Å². The van der Waals surface area contributed by atoms with Gasteiger partial charge >= 0.3 is 0 Å². The summed E-state index contributed by atoms with van der Waals surface area (Å²) < 4.78 is 1.68. The molecule has 18 heavy (non-hydrogen) atoms. The number of tetrazole rings is 1. The zero-order chi connectivity index (χ0) is 12.8. The van der Waals surface area contributed by atoms with E-state index < -0.39 is 0 Å². The second-order valence-corrected chi connectivity index (χ2v) is 3.71. The molecule has 92 valence electrons. The van der Waals surface area contributed by atoms with Gasteiger partial charge in [0.1, 0.15) is 0 Å². The van der Waals surface area contributed by atoms with E-state index in [-0.39, 0.29) is 0 Å². The molecule has 0 atom stereocenters. The highest BCUT2D eigenvalue weighted by Gasteiger charge is 2.14. The molecule has 0 aliphatic carbocycles. The van der Waals surface area contributed by atoms with E-state index in [4.69, 9.17) is 5.26 Å². The predicted molar refractivity (Wildman–Crippen MR) is 67.3 cm³/mol. The summed E-state index contributed by atoms with van der Waals surface area (Å²) in [4.78, 5) is 1.98. The lowest BCUT2D eigenvalue weighted by Gasteiger charge is -2.19. The fraction of sp³-hybridized carbons (Fsp3) is 0.333. The fourth-order valence-electron chi connectivity index (χ4n) is 1.70. The van der Waals surface area contributed by atoms with E-state index in [0.717, 1.165) is 12.2 Å². The second-order valence-electron chi connectivity index (χ2n) is 3.71. The zero-order valence-corrected chi connectivity index (χ0v) is 10.2. The van der Waals surface area contributed by atoms with Crippen LogP contribution in [0.25, 0.3) is 5.69 Å². The highest BCUT2D eigenvalue weighted by Crippen LogP contribution is 2.14. The van der Waals surface area contributed by atoms with Crippen LogP contribution in [0.5, 0.6) is 0 Å². The third-order valence-electron chi connectivity index (χ3n) is 2.61. The number of hydrogen-bond donors (Lipinski definition) is 0. The van der Waals surface area contributed by atoms with Crippen molar-refractivity contribution in [2.75, 3.05) is 18.0 Å². The van der Waals surface area contributed by atoms with Gasteiger partial charge in [0, 0.05) is 13.1 Å². The van der Waals surface area contributed by atoms with E-state index in [9.17, 15) is 0 Å². The molecule has 2 aromatic rings. The molecular weight excluding hydrogens is 228 g/mol. The van der Waals surface area contributed by atoms with Crippen LogP contribution in [0.3, 0.4) is 0 Å². The van der Waals surface area contributed by atoms with Crippen molar-refractivity contribution in [1.82, 2.24) is 20.2 Å². The Labute approximate surface area is 105 Å². The van der Waals surface area contributed by atoms with Gasteiger partial charge in [-0.05, 0) is 29.5 Å². The van der Waals surface area contributed by atoms with Crippen molar-refractivity contribution in [2.45, 2.75) is 13.3 Å². The van der Waals surface area contributed by atoms with Crippen LogP contribution >= 0.6 is 0 Å². The lowest BCUT2D eigenvalue weighted by molar-refractivity contribution is 0.747.